The summed E-state index contributed by atoms with van der Waals surface area (Å²) in [6, 6.07) is 4.80. The average Bonchev–Trinajstić information content (AvgIpc) is 2.97. The van der Waals surface area contributed by atoms with Gasteiger partial charge in [-0.15, -0.1) is 24.5 Å². The van der Waals surface area contributed by atoms with Gasteiger partial charge >= 0.3 is 12.5 Å². The van der Waals surface area contributed by atoms with Crippen LogP contribution in [0.5, 0.6) is 5.75 Å². The van der Waals surface area contributed by atoms with Crippen LogP contribution in [0, 0.1) is 0 Å². The smallest absolute Gasteiger partial charge is 0.406 e. The molecule has 0 unspecified atom stereocenters. The van der Waals surface area contributed by atoms with Gasteiger partial charge in [-0.1, -0.05) is 0 Å². The van der Waals surface area contributed by atoms with Crippen LogP contribution >= 0.6 is 11.3 Å². The summed E-state index contributed by atoms with van der Waals surface area (Å²) in [6.07, 6.45) is -9.10. The highest BCUT2D eigenvalue weighted by atomic mass is 32.1. The average molecular weight is 398 g/mol. The molecule has 0 aliphatic heterocycles. The maximum absolute atomic E-state index is 12.4. The first-order valence-electron chi connectivity index (χ1n) is 6.97. The minimum Gasteiger partial charge on any atom is -0.406 e. The first-order valence-corrected chi connectivity index (χ1v) is 7.85. The number of aliphatic imine (C=N–C) groups is 1. The van der Waals surface area contributed by atoms with Crippen LogP contribution in [0.2, 0.25) is 0 Å². The van der Waals surface area contributed by atoms with E-state index in [0.29, 0.717) is 5.69 Å². The van der Waals surface area contributed by atoms with Crippen LogP contribution in [-0.2, 0) is 12.6 Å². The van der Waals surface area contributed by atoms with E-state index in [1.54, 1.807) is 0 Å². The Bertz CT molecular complexity index is 754. The largest absolute Gasteiger partial charge is 0.573 e. The van der Waals surface area contributed by atoms with Crippen molar-refractivity contribution >= 4 is 23.0 Å². The molecule has 0 aliphatic carbocycles. The van der Waals surface area contributed by atoms with Crippen molar-refractivity contribution in [1.29, 1.82) is 0 Å². The van der Waals surface area contributed by atoms with E-state index in [9.17, 15) is 26.3 Å². The monoisotopic (exact) mass is 398 g/mol. The van der Waals surface area contributed by atoms with Gasteiger partial charge in [0, 0.05) is 24.0 Å². The Balaban J connectivity index is 1.85. The lowest BCUT2D eigenvalue weighted by Crippen LogP contribution is -2.23. The van der Waals surface area contributed by atoms with Gasteiger partial charge in [0.1, 0.15) is 5.75 Å². The van der Waals surface area contributed by atoms with Crippen LogP contribution in [0.1, 0.15) is 10.7 Å². The number of hydrogen-bond acceptors (Lipinski definition) is 4. The predicted octanol–water partition coefficient (Wildman–Crippen LogP) is 4.03. The molecule has 0 aliphatic rings. The zero-order chi connectivity index (χ0) is 19.4. The highest BCUT2D eigenvalue weighted by molar-refractivity contribution is 7.09. The Labute approximate surface area is 147 Å². The third-order valence-electron chi connectivity index (χ3n) is 2.81. The van der Waals surface area contributed by atoms with Gasteiger partial charge in [-0.25, -0.2) is 4.98 Å². The lowest BCUT2D eigenvalue weighted by atomic mass is 10.3. The zero-order valence-corrected chi connectivity index (χ0v) is 13.7. The Morgan fingerprint density at radius 2 is 1.81 bits per heavy atom. The third-order valence-corrected chi connectivity index (χ3v) is 3.72. The molecule has 0 bridgehead atoms. The van der Waals surface area contributed by atoms with E-state index in [4.69, 9.17) is 5.73 Å². The van der Waals surface area contributed by atoms with E-state index >= 15 is 0 Å². The summed E-state index contributed by atoms with van der Waals surface area (Å²) in [4.78, 5) is 7.38. The van der Waals surface area contributed by atoms with Gasteiger partial charge < -0.3 is 15.8 Å². The lowest BCUT2D eigenvalue weighted by Gasteiger charge is -2.10. The minimum atomic E-state index is -4.78. The number of anilines is 1. The summed E-state index contributed by atoms with van der Waals surface area (Å²) < 4.78 is 77.2. The zero-order valence-electron chi connectivity index (χ0n) is 12.9. The summed E-state index contributed by atoms with van der Waals surface area (Å²) in [5.41, 5.74) is 5.03. The van der Waals surface area contributed by atoms with E-state index < -0.39 is 18.2 Å². The SMILES string of the molecule is NC(=NCCc1nc(C(F)(F)F)cs1)Nc1ccc(OC(F)(F)F)cc1. The van der Waals surface area contributed by atoms with Crippen LogP contribution in [0.15, 0.2) is 34.6 Å². The molecule has 0 saturated heterocycles. The number of thiazole rings is 1. The number of guanidine groups is 1. The van der Waals surface area contributed by atoms with Crippen molar-refractivity contribution in [2.24, 2.45) is 10.7 Å². The number of aromatic nitrogens is 1. The summed E-state index contributed by atoms with van der Waals surface area (Å²) in [7, 11) is 0. The first kappa shape index (κ1) is 19.8. The second-order valence-corrected chi connectivity index (χ2v) is 5.78. The van der Waals surface area contributed by atoms with Crippen molar-refractivity contribution in [2.45, 2.75) is 19.0 Å². The third kappa shape index (κ3) is 6.43. The molecular formula is C14H12F6N4OS. The molecule has 5 nitrogen and oxygen atoms in total. The number of hydrogen-bond donors (Lipinski definition) is 2. The van der Waals surface area contributed by atoms with Crippen molar-refractivity contribution < 1.29 is 31.1 Å². The standard InChI is InChI=1S/C14H12F6N4OS/c15-13(16,17)10-7-26-11(24-10)5-6-22-12(21)23-8-1-3-9(4-2-8)25-14(18,19)20/h1-4,7H,5-6H2,(H3,21,22,23). The molecular weight excluding hydrogens is 386 g/mol. The fourth-order valence-electron chi connectivity index (χ4n) is 1.76. The van der Waals surface area contributed by atoms with E-state index in [1.807, 2.05) is 0 Å². The molecule has 0 spiro atoms. The van der Waals surface area contributed by atoms with Crippen LogP contribution in [0.25, 0.3) is 0 Å². The molecule has 12 heteroatoms. The molecule has 0 saturated carbocycles. The van der Waals surface area contributed by atoms with Gasteiger partial charge in [0.05, 0.1) is 5.01 Å². The fraction of sp³-hybridized carbons (Fsp3) is 0.286. The molecule has 142 valence electrons. The molecule has 3 N–H and O–H groups in total. The molecule has 2 aromatic rings. The Hall–Kier alpha value is -2.50. The first-order chi connectivity index (χ1) is 12.0. The van der Waals surface area contributed by atoms with Gasteiger partial charge in [-0.3, -0.25) is 4.99 Å². The van der Waals surface area contributed by atoms with E-state index in [2.05, 4.69) is 20.0 Å². The Kier molecular flexibility index (Phi) is 5.95. The second kappa shape index (κ2) is 7.81. The highest BCUT2D eigenvalue weighted by Crippen LogP contribution is 2.30. The molecule has 0 radical (unpaired) electrons. The van der Waals surface area contributed by atoms with Crippen LogP contribution in [0.3, 0.4) is 0 Å². The van der Waals surface area contributed by atoms with E-state index in [-0.39, 0.29) is 29.7 Å². The Morgan fingerprint density at radius 3 is 2.35 bits per heavy atom. The molecule has 1 heterocycles. The van der Waals surface area contributed by atoms with E-state index in [0.717, 1.165) is 28.8 Å². The number of ether oxygens (including phenoxy) is 1. The van der Waals surface area contributed by atoms with Crippen molar-refractivity contribution in [2.75, 3.05) is 11.9 Å². The molecule has 0 fully saturated rings. The fourth-order valence-corrected chi connectivity index (χ4v) is 2.55. The normalized spacial score (nSPS) is 12.9. The minimum absolute atomic E-state index is 0.0397. The number of nitrogens with one attached hydrogen (secondary N) is 1. The van der Waals surface area contributed by atoms with Crippen molar-refractivity contribution in [1.82, 2.24) is 4.98 Å². The van der Waals surface area contributed by atoms with Crippen molar-refractivity contribution in [3.63, 3.8) is 0 Å². The molecule has 1 aromatic carbocycles. The molecule has 0 amide bonds. The summed E-state index contributed by atoms with van der Waals surface area (Å²) in [5.74, 6) is -0.426. The number of alkyl halides is 6. The molecule has 2 rings (SSSR count). The van der Waals surface area contributed by atoms with Gasteiger partial charge in [0.25, 0.3) is 0 Å². The Morgan fingerprint density at radius 1 is 1.15 bits per heavy atom. The highest BCUT2D eigenvalue weighted by Gasteiger charge is 2.33. The van der Waals surface area contributed by atoms with Gasteiger partial charge in [0.2, 0.25) is 0 Å². The maximum Gasteiger partial charge on any atom is 0.573 e. The summed E-state index contributed by atoms with van der Waals surface area (Å²) in [6.45, 7) is 0.0961. The van der Waals surface area contributed by atoms with E-state index in [1.165, 1.54) is 12.1 Å². The predicted molar refractivity (Wildman–Crippen MR) is 84.1 cm³/mol. The van der Waals surface area contributed by atoms with Crippen LogP contribution < -0.4 is 15.8 Å². The molecule has 1 aromatic heterocycles. The number of rotatable bonds is 5. The van der Waals surface area contributed by atoms with Crippen LogP contribution in [-0.4, -0.2) is 23.9 Å². The number of benzene rings is 1. The number of nitrogens with two attached hydrogens (primary N) is 1. The van der Waals surface area contributed by atoms with Gasteiger partial charge in [0.15, 0.2) is 11.7 Å². The summed E-state index contributed by atoms with van der Waals surface area (Å²) in [5, 5.41) is 3.83. The van der Waals surface area contributed by atoms with Crippen LogP contribution in [0.4, 0.5) is 32.0 Å². The lowest BCUT2D eigenvalue weighted by molar-refractivity contribution is -0.274. The second-order valence-electron chi connectivity index (χ2n) is 4.84. The van der Waals surface area contributed by atoms with Crippen molar-refractivity contribution in [3.05, 3.63) is 40.3 Å². The number of nitrogens with zero attached hydrogens (tertiary/aromatic N) is 2. The number of halogens is 6. The maximum atomic E-state index is 12.4. The molecule has 26 heavy (non-hydrogen) atoms. The summed E-state index contributed by atoms with van der Waals surface area (Å²) >= 11 is 0.871. The molecule has 0 atom stereocenters. The van der Waals surface area contributed by atoms with Crippen molar-refractivity contribution in [3.8, 4) is 5.75 Å². The quantitative estimate of drug-likeness (QED) is 0.453. The topological polar surface area (TPSA) is 72.5 Å². The van der Waals surface area contributed by atoms with Gasteiger partial charge in [-0.2, -0.15) is 13.2 Å². The van der Waals surface area contributed by atoms with Gasteiger partial charge in [-0.05, 0) is 24.3 Å².